The summed E-state index contributed by atoms with van der Waals surface area (Å²) in [4.78, 5) is 0. The van der Waals surface area contributed by atoms with Crippen LogP contribution in [0.15, 0.2) is 0 Å². The fourth-order valence-corrected chi connectivity index (χ4v) is 2.73. The molecular formula is C10H19NO. The summed E-state index contributed by atoms with van der Waals surface area (Å²) in [6, 6.07) is 0. The van der Waals surface area contributed by atoms with E-state index in [0.717, 1.165) is 13.2 Å². The highest BCUT2D eigenvalue weighted by molar-refractivity contribution is 5.07. The summed E-state index contributed by atoms with van der Waals surface area (Å²) in [5, 5.41) is 0. The minimum absolute atomic E-state index is 0.111. The van der Waals surface area contributed by atoms with Gasteiger partial charge in [0.05, 0.1) is 13.2 Å². The van der Waals surface area contributed by atoms with Crippen LogP contribution in [-0.2, 0) is 4.74 Å². The van der Waals surface area contributed by atoms with Gasteiger partial charge in [0.15, 0.2) is 0 Å². The van der Waals surface area contributed by atoms with E-state index in [4.69, 9.17) is 10.5 Å². The maximum Gasteiger partial charge on any atom is 0.0562 e. The van der Waals surface area contributed by atoms with E-state index in [1.165, 1.54) is 32.1 Å². The van der Waals surface area contributed by atoms with Crippen LogP contribution in [0.1, 0.15) is 39.0 Å². The molecule has 2 N–H and O–H groups in total. The van der Waals surface area contributed by atoms with Gasteiger partial charge in [-0.05, 0) is 19.3 Å². The van der Waals surface area contributed by atoms with Crippen molar-refractivity contribution >= 4 is 0 Å². The summed E-state index contributed by atoms with van der Waals surface area (Å²) in [7, 11) is 0. The van der Waals surface area contributed by atoms with E-state index in [1.54, 1.807) is 0 Å². The maximum atomic E-state index is 6.43. The Bertz CT molecular complexity index is 163. The average molecular weight is 169 g/mol. The fourth-order valence-electron chi connectivity index (χ4n) is 2.73. The lowest BCUT2D eigenvalue weighted by molar-refractivity contribution is -0.155. The number of rotatable bonds is 2. The molecule has 2 heteroatoms. The second-order valence-electron chi connectivity index (χ2n) is 4.49. The Morgan fingerprint density at radius 3 is 2.17 bits per heavy atom. The molecule has 0 aromatic heterocycles. The van der Waals surface area contributed by atoms with Crippen LogP contribution in [0, 0.1) is 5.41 Å². The quantitative estimate of drug-likeness (QED) is 0.682. The smallest absolute Gasteiger partial charge is 0.0562 e. The molecular weight excluding hydrogens is 150 g/mol. The summed E-state index contributed by atoms with van der Waals surface area (Å²) in [6.07, 6.45) is 6.24. The van der Waals surface area contributed by atoms with Crippen LogP contribution < -0.4 is 5.73 Å². The average Bonchev–Trinajstić information content (AvgIpc) is 2.35. The van der Waals surface area contributed by atoms with Crippen LogP contribution in [-0.4, -0.2) is 18.8 Å². The van der Waals surface area contributed by atoms with Gasteiger partial charge in [0.25, 0.3) is 0 Å². The molecule has 1 heterocycles. The number of ether oxygens (including phenoxy) is 1. The molecule has 0 unspecified atom stereocenters. The van der Waals surface area contributed by atoms with Crippen LogP contribution >= 0.6 is 0 Å². The Morgan fingerprint density at radius 1 is 1.25 bits per heavy atom. The van der Waals surface area contributed by atoms with Gasteiger partial charge in [0, 0.05) is 11.0 Å². The van der Waals surface area contributed by atoms with Crippen molar-refractivity contribution in [2.45, 2.75) is 44.6 Å². The van der Waals surface area contributed by atoms with Gasteiger partial charge in [0.1, 0.15) is 0 Å². The molecule has 1 aliphatic heterocycles. The molecule has 1 saturated heterocycles. The highest BCUT2D eigenvalue weighted by atomic mass is 16.5. The zero-order chi connectivity index (χ0) is 8.66. The van der Waals surface area contributed by atoms with Gasteiger partial charge in [-0.25, -0.2) is 0 Å². The molecule has 70 valence electrons. The van der Waals surface area contributed by atoms with E-state index in [9.17, 15) is 0 Å². The third-order valence-corrected chi connectivity index (χ3v) is 3.99. The van der Waals surface area contributed by atoms with Crippen molar-refractivity contribution in [2.75, 3.05) is 13.2 Å². The molecule has 2 aliphatic rings. The lowest BCUT2D eigenvalue weighted by atomic mass is 9.65. The van der Waals surface area contributed by atoms with Gasteiger partial charge in [-0.1, -0.05) is 19.8 Å². The molecule has 2 fully saturated rings. The monoisotopic (exact) mass is 169 g/mol. The van der Waals surface area contributed by atoms with E-state index >= 15 is 0 Å². The molecule has 0 radical (unpaired) electrons. The lowest BCUT2D eigenvalue weighted by Crippen LogP contribution is -2.63. The van der Waals surface area contributed by atoms with Gasteiger partial charge in [-0.15, -0.1) is 0 Å². The van der Waals surface area contributed by atoms with Crippen LogP contribution in [0.5, 0.6) is 0 Å². The first-order valence-corrected chi connectivity index (χ1v) is 5.09. The highest BCUT2D eigenvalue weighted by Gasteiger charge is 2.53. The first-order chi connectivity index (χ1) is 5.72. The first-order valence-electron chi connectivity index (χ1n) is 5.09. The molecule has 0 atom stereocenters. The van der Waals surface area contributed by atoms with Crippen molar-refractivity contribution in [1.82, 2.24) is 0 Å². The van der Waals surface area contributed by atoms with Gasteiger partial charge in [0.2, 0.25) is 0 Å². The molecule has 12 heavy (non-hydrogen) atoms. The third kappa shape index (κ3) is 0.944. The van der Waals surface area contributed by atoms with Crippen LogP contribution in [0.4, 0.5) is 0 Å². The minimum atomic E-state index is 0.111. The van der Waals surface area contributed by atoms with Crippen molar-refractivity contribution in [1.29, 1.82) is 0 Å². The van der Waals surface area contributed by atoms with Crippen molar-refractivity contribution in [3.8, 4) is 0 Å². The van der Waals surface area contributed by atoms with Crippen molar-refractivity contribution in [3.05, 3.63) is 0 Å². The van der Waals surface area contributed by atoms with Crippen molar-refractivity contribution < 1.29 is 4.74 Å². The van der Waals surface area contributed by atoms with Gasteiger partial charge in [-0.3, -0.25) is 0 Å². The summed E-state index contributed by atoms with van der Waals surface area (Å²) in [5.74, 6) is 0. The van der Waals surface area contributed by atoms with Crippen molar-refractivity contribution in [2.24, 2.45) is 11.1 Å². The number of nitrogens with two attached hydrogens (primary N) is 1. The Hall–Kier alpha value is -0.0800. The van der Waals surface area contributed by atoms with E-state index < -0.39 is 0 Å². The normalized spacial score (nSPS) is 31.5. The topological polar surface area (TPSA) is 35.2 Å². The predicted molar refractivity (Wildman–Crippen MR) is 48.9 cm³/mol. The fraction of sp³-hybridized carbons (Fsp3) is 1.00. The van der Waals surface area contributed by atoms with Crippen LogP contribution in [0.25, 0.3) is 0 Å². The second-order valence-corrected chi connectivity index (χ2v) is 4.49. The standard InChI is InChI=1S/C10H19NO/c1-2-9(7-12-8-9)10(11)5-3-4-6-10/h2-8,11H2,1H3. The molecule has 0 spiro atoms. The SMILES string of the molecule is CCC1(C2(N)CCCC2)COC1. The van der Waals surface area contributed by atoms with Crippen LogP contribution in [0.2, 0.25) is 0 Å². The Morgan fingerprint density at radius 2 is 1.83 bits per heavy atom. The zero-order valence-electron chi connectivity index (χ0n) is 7.94. The Labute approximate surface area is 74.5 Å². The second kappa shape index (κ2) is 2.71. The summed E-state index contributed by atoms with van der Waals surface area (Å²) < 4.78 is 5.33. The lowest BCUT2D eigenvalue weighted by Gasteiger charge is -2.52. The molecule has 0 aromatic carbocycles. The summed E-state index contributed by atoms with van der Waals surface area (Å²) >= 11 is 0. The number of hydrogen-bond donors (Lipinski definition) is 1. The molecule has 1 aliphatic carbocycles. The largest absolute Gasteiger partial charge is 0.380 e. The van der Waals surface area contributed by atoms with E-state index in [1.807, 2.05) is 0 Å². The van der Waals surface area contributed by atoms with Gasteiger partial charge >= 0.3 is 0 Å². The van der Waals surface area contributed by atoms with Gasteiger partial charge in [-0.2, -0.15) is 0 Å². The predicted octanol–water partition coefficient (Wildman–Crippen LogP) is 1.68. The first kappa shape index (κ1) is 8.52. The third-order valence-electron chi connectivity index (χ3n) is 3.99. The Kier molecular flexibility index (Phi) is 1.92. The van der Waals surface area contributed by atoms with Gasteiger partial charge < -0.3 is 10.5 Å². The zero-order valence-corrected chi connectivity index (χ0v) is 7.94. The Balaban J connectivity index is 2.14. The van der Waals surface area contributed by atoms with E-state index in [0.29, 0.717) is 5.41 Å². The number of hydrogen-bond acceptors (Lipinski definition) is 2. The minimum Gasteiger partial charge on any atom is -0.380 e. The molecule has 2 nitrogen and oxygen atoms in total. The van der Waals surface area contributed by atoms with E-state index in [-0.39, 0.29) is 5.54 Å². The summed E-state index contributed by atoms with van der Waals surface area (Å²) in [5.41, 5.74) is 6.88. The molecule has 0 bridgehead atoms. The molecule has 0 aromatic rings. The molecule has 1 saturated carbocycles. The molecule has 0 amide bonds. The summed E-state index contributed by atoms with van der Waals surface area (Å²) in [6.45, 7) is 4.05. The maximum absolute atomic E-state index is 6.43. The van der Waals surface area contributed by atoms with Crippen LogP contribution in [0.3, 0.4) is 0 Å². The van der Waals surface area contributed by atoms with Crippen molar-refractivity contribution in [3.63, 3.8) is 0 Å². The molecule has 2 rings (SSSR count). The highest BCUT2D eigenvalue weighted by Crippen LogP contribution is 2.48. The van der Waals surface area contributed by atoms with E-state index in [2.05, 4.69) is 6.92 Å².